The topological polar surface area (TPSA) is 43.4 Å². The van der Waals surface area contributed by atoms with Crippen LogP contribution in [0.25, 0.3) is 32.9 Å². The highest BCUT2D eigenvalue weighted by Crippen LogP contribution is 2.35. The van der Waals surface area contributed by atoms with E-state index in [0.717, 1.165) is 28.0 Å². The van der Waals surface area contributed by atoms with E-state index in [1.807, 2.05) is 30.3 Å². The molecule has 3 heteroatoms. The first-order chi connectivity index (χ1) is 8.88. The number of carbonyl (C=O) groups is 1. The van der Waals surface area contributed by atoms with Crippen LogP contribution in [0.15, 0.2) is 51.5 Å². The highest BCUT2D eigenvalue weighted by atomic mass is 16.3. The van der Waals surface area contributed by atoms with Crippen molar-refractivity contribution in [3.05, 3.63) is 48.2 Å². The van der Waals surface area contributed by atoms with E-state index in [-0.39, 0.29) is 0 Å². The van der Waals surface area contributed by atoms with E-state index in [1.165, 1.54) is 0 Å². The van der Waals surface area contributed by atoms with Gasteiger partial charge in [-0.25, -0.2) is 0 Å². The molecule has 4 aromatic rings. The number of hydrogen-bond acceptors (Lipinski definition) is 3. The van der Waals surface area contributed by atoms with Crippen molar-refractivity contribution in [3.63, 3.8) is 0 Å². The third-order valence-corrected chi connectivity index (χ3v) is 3.26. The lowest BCUT2D eigenvalue weighted by atomic mass is 10.1. The summed E-state index contributed by atoms with van der Waals surface area (Å²) >= 11 is 0. The Morgan fingerprint density at radius 2 is 1.83 bits per heavy atom. The normalized spacial score (nSPS) is 11.6. The molecule has 0 radical (unpaired) electrons. The number of hydrogen-bond donors (Lipinski definition) is 0. The van der Waals surface area contributed by atoms with Crippen molar-refractivity contribution in [2.75, 3.05) is 0 Å². The quantitative estimate of drug-likeness (QED) is 0.466. The van der Waals surface area contributed by atoms with Crippen molar-refractivity contribution in [2.24, 2.45) is 0 Å². The molecule has 0 aliphatic heterocycles. The summed E-state index contributed by atoms with van der Waals surface area (Å²) in [5.41, 5.74) is 2.66. The lowest BCUT2D eigenvalue weighted by Gasteiger charge is -1.95. The summed E-state index contributed by atoms with van der Waals surface area (Å²) in [7, 11) is 0. The predicted octanol–water partition coefficient (Wildman–Crippen LogP) is 4.14. The Bertz CT molecular complexity index is 896. The van der Waals surface area contributed by atoms with E-state index in [9.17, 15) is 4.79 Å². The summed E-state index contributed by atoms with van der Waals surface area (Å²) in [6.07, 6.45) is 2.40. The Morgan fingerprint density at radius 1 is 0.944 bits per heavy atom. The number of aldehydes is 1. The third kappa shape index (κ3) is 1.06. The number of carbonyl (C=O) groups excluding carboxylic acids is 1. The molecule has 18 heavy (non-hydrogen) atoms. The molecule has 0 unspecified atom stereocenters. The van der Waals surface area contributed by atoms with Gasteiger partial charge in [-0.1, -0.05) is 18.2 Å². The fourth-order valence-corrected chi connectivity index (χ4v) is 2.43. The molecule has 0 atom stereocenters. The average molecular weight is 236 g/mol. The van der Waals surface area contributed by atoms with Gasteiger partial charge in [0.15, 0.2) is 6.29 Å². The fraction of sp³-hybridized carbons (Fsp3) is 0. The van der Waals surface area contributed by atoms with Crippen LogP contribution in [0.5, 0.6) is 0 Å². The zero-order chi connectivity index (χ0) is 12.1. The van der Waals surface area contributed by atoms with Gasteiger partial charge in [0.05, 0.1) is 11.8 Å². The van der Waals surface area contributed by atoms with Gasteiger partial charge in [0.25, 0.3) is 0 Å². The predicted molar refractivity (Wildman–Crippen MR) is 68.9 cm³/mol. The van der Waals surface area contributed by atoms with Crippen LogP contribution in [0.4, 0.5) is 0 Å². The lowest BCUT2D eigenvalue weighted by molar-refractivity contribution is 0.112. The molecule has 86 valence electrons. The zero-order valence-electron chi connectivity index (χ0n) is 9.34. The molecule has 0 amide bonds. The smallest absolute Gasteiger partial charge is 0.154 e. The maximum atomic E-state index is 11.3. The van der Waals surface area contributed by atoms with Crippen LogP contribution >= 0.6 is 0 Å². The molecule has 0 fully saturated rings. The minimum Gasteiger partial charge on any atom is -0.464 e. The Kier molecular flexibility index (Phi) is 1.70. The standard InChI is InChI=1S/C15H8O3/c16-8-12-10-5-6-17-14(10)7-11-9-3-1-2-4-13(9)18-15(11)12/h1-8H. The zero-order valence-corrected chi connectivity index (χ0v) is 9.34. The van der Waals surface area contributed by atoms with E-state index in [2.05, 4.69) is 0 Å². The largest absolute Gasteiger partial charge is 0.464 e. The third-order valence-electron chi connectivity index (χ3n) is 3.26. The first kappa shape index (κ1) is 9.48. The molecule has 2 aromatic carbocycles. The van der Waals surface area contributed by atoms with Crippen LogP contribution < -0.4 is 0 Å². The molecule has 3 nitrogen and oxygen atoms in total. The first-order valence-corrected chi connectivity index (χ1v) is 5.65. The van der Waals surface area contributed by atoms with E-state index < -0.39 is 0 Å². The van der Waals surface area contributed by atoms with Crippen LogP contribution in [0.2, 0.25) is 0 Å². The lowest BCUT2D eigenvalue weighted by Crippen LogP contribution is -1.81. The number of fused-ring (bicyclic) bond motifs is 4. The number of benzene rings is 2. The highest BCUT2D eigenvalue weighted by molar-refractivity contribution is 6.16. The van der Waals surface area contributed by atoms with Gasteiger partial charge in [0.1, 0.15) is 16.7 Å². The molecule has 0 saturated carbocycles. The Balaban J connectivity index is 2.36. The van der Waals surface area contributed by atoms with Gasteiger partial charge in [0.2, 0.25) is 0 Å². The number of rotatable bonds is 1. The monoisotopic (exact) mass is 236 g/mol. The summed E-state index contributed by atoms with van der Waals surface area (Å²) < 4.78 is 11.2. The summed E-state index contributed by atoms with van der Waals surface area (Å²) in [5.74, 6) is 0. The van der Waals surface area contributed by atoms with Crippen LogP contribution in [0.1, 0.15) is 10.4 Å². The fourth-order valence-electron chi connectivity index (χ4n) is 2.43. The van der Waals surface area contributed by atoms with Crippen molar-refractivity contribution in [1.29, 1.82) is 0 Å². The van der Waals surface area contributed by atoms with Crippen LogP contribution in [0, 0.1) is 0 Å². The van der Waals surface area contributed by atoms with E-state index in [4.69, 9.17) is 8.83 Å². The van der Waals surface area contributed by atoms with Crippen LogP contribution in [-0.4, -0.2) is 6.29 Å². The van der Waals surface area contributed by atoms with Crippen molar-refractivity contribution in [2.45, 2.75) is 0 Å². The molecule has 2 heterocycles. The van der Waals surface area contributed by atoms with Gasteiger partial charge in [0, 0.05) is 16.2 Å². The van der Waals surface area contributed by atoms with Crippen molar-refractivity contribution >= 4 is 39.2 Å². The Hall–Kier alpha value is -2.55. The van der Waals surface area contributed by atoms with Gasteiger partial charge < -0.3 is 8.83 Å². The molecule has 0 saturated heterocycles. The molecule has 0 aliphatic carbocycles. The van der Waals surface area contributed by atoms with Crippen molar-refractivity contribution in [3.8, 4) is 0 Å². The van der Waals surface area contributed by atoms with E-state index >= 15 is 0 Å². The Labute approximate surface area is 102 Å². The summed E-state index contributed by atoms with van der Waals surface area (Å²) in [6, 6.07) is 11.4. The first-order valence-electron chi connectivity index (χ1n) is 5.65. The molecular formula is C15H8O3. The van der Waals surface area contributed by atoms with Gasteiger partial charge in [-0.05, 0) is 18.2 Å². The second-order valence-corrected chi connectivity index (χ2v) is 4.22. The summed E-state index contributed by atoms with van der Waals surface area (Å²) in [5, 5.41) is 2.70. The van der Waals surface area contributed by atoms with Gasteiger partial charge >= 0.3 is 0 Å². The summed E-state index contributed by atoms with van der Waals surface area (Å²) in [4.78, 5) is 11.3. The summed E-state index contributed by atoms with van der Waals surface area (Å²) in [6.45, 7) is 0. The van der Waals surface area contributed by atoms with Crippen molar-refractivity contribution < 1.29 is 13.6 Å². The van der Waals surface area contributed by atoms with Crippen molar-refractivity contribution in [1.82, 2.24) is 0 Å². The second kappa shape index (κ2) is 3.23. The number of para-hydroxylation sites is 1. The molecule has 0 spiro atoms. The SMILES string of the molecule is O=Cc1c2ccoc2cc2c1oc1ccccc12. The molecular weight excluding hydrogens is 228 g/mol. The molecule has 2 aromatic heterocycles. The maximum absolute atomic E-state index is 11.3. The van der Waals surface area contributed by atoms with Gasteiger partial charge in [-0.3, -0.25) is 4.79 Å². The van der Waals surface area contributed by atoms with Crippen LogP contribution in [0.3, 0.4) is 0 Å². The minimum atomic E-state index is 0.549. The molecule has 0 bridgehead atoms. The molecule has 0 aliphatic rings. The molecule has 0 N–H and O–H groups in total. The number of furan rings is 2. The van der Waals surface area contributed by atoms with Crippen LogP contribution in [-0.2, 0) is 0 Å². The average Bonchev–Trinajstić information content (AvgIpc) is 2.99. The highest BCUT2D eigenvalue weighted by Gasteiger charge is 2.15. The van der Waals surface area contributed by atoms with E-state index in [0.29, 0.717) is 16.7 Å². The minimum absolute atomic E-state index is 0.549. The Morgan fingerprint density at radius 3 is 2.72 bits per heavy atom. The maximum Gasteiger partial charge on any atom is 0.154 e. The van der Waals surface area contributed by atoms with Gasteiger partial charge in [-0.15, -0.1) is 0 Å². The molecule has 4 rings (SSSR count). The van der Waals surface area contributed by atoms with Gasteiger partial charge in [-0.2, -0.15) is 0 Å². The van der Waals surface area contributed by atoms with E-state index in [1.54, 1.807) is 12.3 Å². The second-order valence-electron chi connectivity index (χ2n) is 4.22.